The molecule has 1 fully saturated rings. The summed E-state index contributed by atoms with van der Waals surface area (Å²) in [5.74, 6) is -0.634. The molecule has 0 amide bonds. The predicted molar refractivity (Wildman–Crippen MR) is 57.3 cm³/mol. The fraction of sp³-hybridized carbons (Fsp3) is 0.538. The van der Waals surface area contributed by atoms with Crippen molar-refractivity contribution in [2.75, 3.05) is 6.61 Å². The highest BCUT2D eigenvalue weighted by Gasteiger charge is 2.14. The van der Waals surface area contributed by atoms with Crippen molar-refractivity contribution in [1.82, 2.24) is 0 Å². The zero-order valence-electron chi connectivity index (χ0n) is 9.14. The molecule has 16 heavy (non-hydrogen) atoms. The van der Waals surface area contributed by atoms with Crippen LogP contribution < -0.4 is 4.74 Å². The van der Waals surface area contributed by atoms with Gasteiger partial charge >= 0.3 is 0 Å². The van der Waals surface area contributed by atoms with Crippen molar-refractivity contribution in [3.63, 3.8) is 0 Å². The van der Waals surface area contributed by atoms with E-state index >= 15 is 0 Å². The SMILES string of the molecule is Fc1[c]c(OCC2CCCCC2)cc(F)c1. The summed E-state index contributed by atoms with van der Waals surface area (Å²) in [7, 11) is 0. The van der Waals surface area contributed by atoms with Gasteiger partial charge in [-0.05, 0) is 18.8 Å². The molecule has 1 saturated carbocycles. The van der Waals surface area contributed by atoms with E-state index in [1.54, 1.807) is 0 Å². The van der Waals surface area contributed by atoms with Crippen molar-refractivity contribution in [2.24, 2.45) is 5.92 Å². The van der Waals surface area contributed by atoms with Crippen molar-refractivity contribution >= 4 is 0 Å². The second-order valence-electron chi connectivity index (χ2n) is 4.33. The van der Waals surface area contributed by atoms with Gasteiger partial charge in [0.05, 0.1) is 12.7 Å². The molecule has 2 rings (SSSR count). The number of hydrogen-bond acceptors (Lipinski definition) is 1. The monoisotopic (exact) mass is 225 g/mol. The van der Waals surface area contributed by atoms with Gasteiger partial charge in [-0.1, -0.05) is 19.3 Å². The van der Waals surface area contributed by atoms with E-state index in [-0.39, 0.29) is 5.75 Å². The van der Waals surface area contributed by atoms with Crippen LogP contribution in [0.25, 0.3) is 0 Å². The zero-order chi connectivity index (χ0) is 11.4. The van der Waals surface area contributed by atoms with Crippen molar-refractivity contribution in [2.45, 2.75) is 32.1 Å². The molecule has 0 N–H and O–H groups in total. The molecular formula is C13H15F2O. The molecule has 87 valence electrons. The van der Waals surface area contributed by atoms with E-state index in [1.165, 1.54) is 25.3 Å². The molecule has 0 aromatic heterocycles. The molecule has 0 atom stereocenters. The van der Waals surface area contributed by atoms with E-state index in [0.717, 1.165) is 18.9 Å². The van der Waals surface area contributed by atoms with E-state index < -0.39 is 11.6 Å². The first-order chi connectivity index (χ1) is 7.74. The average molecular weight is 225 g/mol. The van der Waals surface area contributed by atoms with E-state index in [2.05, 4.69) is 6.07 Å². The van der Waals surface area contributed by atoms with Crippen molar-refractivity contribution in [1.29, 1.82) is 0 Å². The maximum Gasteiger partial charge on any atom is 0.137 e. The maximum absolute atomic E-state index is 12.9. The van der Waals surface area contributed by atoms with Crippen LogP contribution in [0.15, 0.2) is 12.1 Å². The second-order valence-corrected chi connectivity index (χ2v) is 4.33. The Bertz CT molecular complexity index is 326. The molecule has 3 heteroatoms. The van der Waals surface area contributed by atoms with Gasteiger partial charge < -0.3 is 4.74 Å². The summed E-state index contributed by atoms with van der Waals surface area (Å²) in [6, 6.07) is 4.33. The Labute approximate surface area is 94.4 Å². The van der Waals surface area contributed by atoms with Gasteiger partial charge in [-0.2, -0.15) is 0 Å². The normalized spacial score (nSPS) is 17.4. The Morgan fingerprint density at radius 1 is 1.19 bits per heavy atom. The Balaban J connectivity index is 1.88. The number of rotatable bonds is 3. The molecule has 1 aliphatic carbocycles. The van der Waals surface area contributed by atoms with E-state index in [9.17, 15) is 8.78 Å². The van der Waals surface area contributed by atoms with Crippen LogP contribution in [-0.2, 0) is 0 Å². The third kappa shape index (κ3) is 3.19. The molecule has 0 unspecified atom stereocenters. The van der Waals surface area contributed by atoms with Gasteiger partial charge in [0.25, 0.3) is 0 Å². The maximum atomic E-state index is 12.9. The summed E-state index contributed by atoms with van der Waals surface area (Å²) in [5.41, 5.74) is 0. The summed E-state index contributed by atoms with van der Waals surface area (Å²) in [6.45, 7) is 0.541. The summed E-state index contributed by atoms with van der Waals surface area (Å²) >= 11 is 0. The highest BCUT2D eigenvalue weighted by Crippen LogP contribution is 2.24. The van der Waals surface area contributed by atoms with Gasteiger partial charge in [-0.15, -0.1) is 0 Å². The molecule has 0 saturated heterocycles. The van der Waals surface area contributed by atoms with Crippen LogP contribution >= 0.6 is 0 Å². The molecule has 0 spiro atoms. The third-order valence-corrected chi connectivity index (χ3v) is 2.98. The van der Waals surface area contributed by atoms with Crippen LogP contribution in [-0.4, -0.2) is 6.61 Å². The first-order valence-electron chi connectivity index (χ1n) is 5.75. The molecule has 1 aliphatic rings. The molecule has 1 aromatic carbocycles. The standard InChI is InChI=1S/C13H15F2O/c14-11-6-12(15)8-13(7-11)16-9-10-4-2-1-3-5-10/h6-7,10H,1-5,9H2. The minimum absolute atomic E-state index is 0.170. The van der Waals surface area contributed by atoms with Gasteiger partial charge in [0.2, 0.25) is 0 Å². The lowest BCUT2D eigenvalue weighted by Crippen LogP contribution is -2.15. The lowest BCUT2D eigenvalue weighted by Gasteiger charge is -2.21. The van der Waals surface area contributed by atoms with Crippen LogP contribution in [0.3, 0.4) is 0 Å². The summed E-state index contributed by atoms with van der Waals surface area (Å²) in [6.07, 6.45) is 6.05. The molecule has 1 nitrogen and oxygen atoms in total. The van der Waals surface area contributed by atoms with Gasteiger partial charge in [0.15, 0.2) is 0 Å². The zero-order valence-corrected chi connectivity index (χ0v) is 9.14. The van der Waals surface area contributed by atoms with Crippen LogP contribution in [0.4, 0.5) is 8.78 Å². The van der Waals surface area contributed by atoms with Crippen LogP contribution in [0, 0.1) is 23.6 Å². The highest BCUT2D eigenvalue weighted by atomic mass is 19.1. The van der Waals surface area contributed by atoms with Gasteiger partial charge in [0, 0.05) is 12.1 Å². The Morgan fingerprint density at radius 3 is 2.62 bits per heavy atom. The van der Waals surface area contributed by atoms with Crippen molar-refractivity contribution in [3.8, 4) is 5.75 Å². The van der Waals surface area contributed by atoms with Crippen LogP contribution in [0.5, 0.6) is 5.75 Å². The molecule has 0 bridgehead atoms. The Hall–Kier alpha value is -1.12. The topological polar surface area (TPSA) is 9.23 Å². The summed E-state index contributed by atoms with van der Waals surface area (Å²) < 4.78 is 31.0. The summed E-state index contributed by atoms with van der Waals surface area (Å²) in [5, 5.41) is 0. The minimum atomic E-state index is -0.710. The third-order valence-electron chi connectivity index (χ3n) is 2.98. The average Bonchev–Trinajstić information content (AvgIpc) is 2.27. The smallest absolute Gasteiger partial charge is 0.137 e. The first-order valence-corrected chi connectivity index (χ1v) is 5.75. The fourth-order valence-corrected chi connectivity index (χ4v) is 2.12. The van der Waals surface area contributed by atoms with E-state index in [1.807, 2.05) is 0 Å². The molecule has 1 aromatic rings. The molecule has 1 radical (unpaired) electrons. The van der Waals surface area contributed by atoms with Crippen molar-refractivity contribution < 1.29 is 13.5 Å². The molecular weight excluding hydrogens is 210 g/mol. The Kier molecular flexibility index (Phi) is 3.75. The quantitative estimate of drug-likeness (QED) is 0.761. The van der Waals surface area contributed by atoms with E-state index in [4.69, 9.17) is 4.74 Å². The van der Waals surface area contributed by atoms with Gasteiger partial charge in [0.1, 0.15) is 17.4 Å². The largest absolute Gasteiger partial charge is 0.492 e. The Morgan fingerprint density at radius 2 is 1.94 bits per heavy atom. The van der Waals surface area contributed by atoms with Gasteiger partial charge in [-0.3, -0.25) is 0 Å². The van der Waals surface area contributed by atoms with Crippen LogP contribution in [0.2, 0.25) is 0 Å². The predicted octanol–water partition coefficient (Wildman–Crippen LogP) is 3.72. The minimum Gasteiger partial charge on any atom is -0.492 e. The molecule has 0 heterocycles. The molecule has 0 aliphatic heterocycles. The number of ether oxygens (including phenoxy) is 1. The first kappa shape index (κ1) is 11.4. The second kappa shape index (κ2) is 5.28. The lowest BCUT2D eigenvalue weighted by molar-refractivity contribution is 0.207. The lowest BCUT2D eigenvalue weighted by atomic mass is 9.90. The highest BCUT2D eigenvalue weighted by molar-refractivity contribution is 5.22. The van der Waals surface area contributed by atoms with E-state index in [0.29, 0.717) is 12.5 Å². The van der Waals surface area contributed by atoms with Crippen LogP contribution in [0.1, 0.15) is 32.1 Å². The number of hydrogen-bond donors (Lipinski definition) is 0. The fourth-order valence-electron chi connectivity index (χ4n) is 2.12. The van der Waals surface area contributed by atoms with Crippen molar-refractivity contribution in [3.05, 3.63) is 29.8 Å². The van der Waals surface area contributed by atoms with Gasteiger partial charge in [-0.25, -0.2) is 8.78 Å². The number of halogens is 2. The number of benzene rings is 1. The summed E-state index contributed by atoms with van der Waals surface area (Å²) in [4.78, 5) is 0.